The van der Waals surface area contributed by atoms with Gasteiger partial charge in [0.2, 0.25) is 0 Å². The fraction of sp³-hybridized carbons (Fsp3) is 0.767. The molecule has 5 heteroatoms. The van der Waals surface area contributed by atoms with Crippen LogP contribution in [0, 0.1) is 63.1 Å². The minimum atomic E-state index is -0.615. The van der Waals surface area contributed by atoms with Crippen LogP contribution in [-0.2, 0) is 19.1 Å². The van der Waals surface area contributed by atoms with Crippen LogP contribution in [0.3, 0.4) is 0 Å². The van der Waals surface area contributed by atoms with Crippen LogP contribution in [0.1, 0.15) is 73.6 Å². The molecule has 0 aromatic heterocycles. The van der Waals surface area contributed by atoms with Gasteiger partial charge in [-0.25, -0.2) is 0 Å². The number of hydrogen-bond donors (Lipinski definition) is 0. The molecule has 5 nitrogen and oxygen atoms in total. The van der Waals surface area contributed by atoms with Gasteiger partial charge in [-0.1, -0.05) is 53.2 Å². The smallest absolute Gasteiger partial charge is 0.178 e. The second-order valence-corrected chi connectivity index (χ2v) is 13.6. The first-order valence-electron chi connectivity index (χ1n) is 13.7. The highest BCUT2D eigenvalue weighted by molar-refractivity contribution is 6.04. The van der Waals surface area contributed by atoms with Gasteiger partial charge in [0.1, 0.15) is 6.07 Å². The van der Waals surface area contributed by atoms with Crippen LogP contribution >= 0.6 is 0 Å². The number of ketones is 2. The molecule has 2 saturated heterocycles. The van der Waals surface area contributed by atoms with E-state index in [1.54, 1.807) is 0 Å². The summed E-state index contributed by atoms with van der Waals surface area (Å²) in [6.45, 7) is 13.5. The fourth-order valence-corrected chi connectivity index (χ4v) is 9.77. The Labute approximate surface area is 209 Å². The number of hydrogen-bond acceptors (Lipinski definition) is 5. The van der Waals surface area contributed by atoms with Crippen LogP contribution in [0.25, 0.3) is 0 Å². The minimum absolute atomic E-state index is 0.0465. The molecule has 2 saturated carbocycles. The number of rotatable bonds is 0. The number of nitriles is 1. The summed E-state index contributed by atoms with van der Waals surface area (Å²) in [7, 11) is 0. The van der Waals surface area contributed by atoms with Gasteiger partial charge in [0.05, 0.1) is 18.3 Å². The Balaban J connectivity index is 1.40. The van der Waals surface area contributed by atoms with Crippen molar-refractivity contribution in [3.63, 3.8) is 0 Å². The number of nitrogens with zero attached hydrogens (tertiary/aromatic N) is 1. The second kappa shape index (κ2) is 7.17. The summed E-state index contributed by atoms with van der Waals surface area (Å²) in [5.74, 6) is 1.10. The average molecular weight is 478 g/mol. The van der Waals surface area contributed by atoms with Crippen LogP contribution in [0.15, 0.2) is 23.3 Å². The molecule has 2 aliphatic heterocycles. The maximum absolute atomic E-state index is 14.1. The van der Waals surface area contributed by atoms with E-state index < -0.39 is 22.0 Å². The molecule has 6 unspecified atom stereocenters. The number of fused-ring (bicyclic) bond motifs is 7. The molecule has 0 amide bonds. The highest BCUT2D eigenvalue weighted by Crippen LogP contribution is 2.69. The van der Waals surface area contributed by atoms with Gasteiger partial charge < -0.3 is 9.47 Å². The quantitative estimate of drug-likeness (QED) is 0.466. The van der Waals surface area contributed by atoms with Gasteiger partial charge in [-0.05, 0) is 55.4 Å². The van der Waals surface area contributed by atoms with Crippen LogP contribution in [0.5, 0.6) is 0 Å². The van der Waals surface area contributed by atoms with Crippen molar-refractivity contribution >= 4 is 11.6 Å². The Kier molecular flexibility index (Phi) is 4.84. The Bertz CT molecular complexity index is 1100. The maximum atomic E-state index is 14.1. The SMILES string of the molecule is CC1CC[C@@]2(OC1)OC1CC3C4CCC5C(C)(C)C(=O)C(C#N)=C[C@]5(C)C4=CC(=O)[C@]3(C)C1[C@@H]2C. The molecule has 1 spiro atoms. The molecule has 4 fully saturated rings. The molecule has 0 radical (unpaired) electrons. The second-order valence-electron chi connectivity index (χ2n) is 13.6. The third-order valence-corrected chi connectivity index (χ3v) is 11.6. The summed E-state index contributed by atoms with van der Waals surface area (Å²) in [5.41, 5.74) is -0.118. The predicted octanol–water partition coefficient (Wildman–Crippen LogP) is 5.41. The number of carbonyl (C=O) groups excluding carboxylic acids is 2. The van der Waals surface area contributed by atoms with Crippen molar-refractivity contribution < 1.29 is 19.1 Å². The summed E-state index contributed by atoms with van der Waals surface area (Å²) < 4.78 is 13.2. The highest BCUT2D eigenvalue weighted by atomic mass is 16.7. The molecular formula is C30H39NO4. The Morgan fingerprint density at radius 2 is 1.83 bits per heavy atom. The molecule has 6 rings (SSSR count). The molecule has 2 heterocycles. The van der Waals surface area contributed by atoms with Crippen molar-refractivity contribution in [2.45, 2.75) is 85.5 Å². The van der Waals surface area contributed by atoms with E-state index in [-0.39, 0.29) is 52.8 Å². The Hall–Kier alpha value is -1.77. The van der Waals surface area contributed by atoms with Crippen LogP contribution in [-0.4, -0.2) is 30.1 Å². The normalized spacial score (nSPS) is 52.1. The molecule has 35 heavy (non-hydrogen) atoms. The maximum Gasteiger partial charge on any atom is 0.178 e. The van der Waals surface area contributed by atoms with Crippen molar-refractivity contribution in [1.82, 2.24) is 0 Å². The van der Waals surface area contributed by atoms with E-state index in [1.807, 2.05) is 26.0 Å². The number of Topliss-reactive ketones (excluding diaryl/α,β-unsaturated/α-hetero) is 1. The van der Waals surface area contributed by atoms with Gasteiger partial charge in [-0.3, -0.25) is 9.59 Å². The lowest BCUT2D eigenvalue weighted by Crippen LogP contribution is -2.55. The van der Waals surface area contributed by atoms with Crippen molar-refractivity contribution in [3.8, 4) is 6.07 Å². The first kappa shape index (κ1) is 23.6. The first-order valence-corrected chi connectivity index (χ1v) is 13.7. The number of carbonyl (C=O) groups is 2. The monoisotopic (exact) mass is 477 g/mol. The van der Waals surface area contributed by atoms with Gasteiger partial charge in [0.15, 0.2) is 17.4 Å². The van der Waals surface area contributed by atoms with Crippen LogP contribution in [0.4, 0.5) is 0 Å². The van der Waals surface area contributed by atoms with Crippen molar-refractivity contribution in [2.75, 3.05) is 6.61 Å². The third-order valence-electron chi connectivity index (χ3n) is 11.6. The zero-order valence-corrected chi connectivity index (χ0v) is 22.0. The van der Waals surface area contributed by atoms with E-state index in [2.05, 4.69) is 33.8 Å². The lowest BCUT2D eigenvalue weighted by atomic mass is 9.45. The minimum Gasteiger partial charge on any atom is -0.349 e. The third kappa shape index (κ3) is 2.76. The molecular weight excluding hydrogens is 438 g/mol. The molecule has 0 bridgehead atoms. The van der Waals surface area contributed by atoms with E-state index >= 15 is 0 Å². The van der Waals surface area contributed by atoms with Crippen molar-refractivity contribution in [1.29, 1.82) is 5.26 Å². The summed E-state index contributed by atoms with van der Waals surface area (Å²) in [6.07, 6.45) is 8.71. The summed E-state index contributed by atoms with van der Waals surface area (Å²) in [4.78, 5) is 27.2. The van der Waals surface area contributed by atoms with E-state index in [1.165, 1.54) is 0 Å². The molecule has 188 valence electrons. The van der Waals surface area contributed by atoms with Gasteiger partial charge in [0.25, 0.3) is 0 Å². The van der Waals surface area contributed by atoms with Crippen molar-refractivity contribution in [2.24, 2.45) is 51.8 Å². The first-order chi connectivity index (χ1) is 16.4. The van der Waals surface area contributed by atoms with E-state index in [0.717, 1.165) is 44.3 Å². The van der Waals surface area contributed by atoms with Crippen LogP contribution < -0.4 is 0 Å². The molecule has 4 aliphatic carbocycles. The summed E-state index contributed by atoms with van der Waals surface area (Å²) >= 11 is 0. The van der Waals surface area contributed by atoms with E-state index in [4.69, 9.17) is 9.47 Å². The average Bonchev–Trinajstić information content (AvgIpc) is 3.25. The largest absolute Gasteiger partial charge is 0.349 e. The van der Waals surface area contributed by atoms with Crippen LogP contribution in [0.2, 0.25) is 0 Å². The Morgan fingerprint density at radius 3 is 2.49 bits per heavy atom. The molecule has 0 N–H and O–H groups in total. The van der Waals surface area contributed by atoms with E-state index in [9.17, 15) is 14.9 Å². The number of ether oxygens (including phenoxy) is 2. The topological polar surface area (TPSA) is 76.4 Å². The van der Waals surface area contributed by atoms with Gasteiger partial charge in [-0.15, -0.1) is 0 Å². The Morgan fingerprint density at radius 1 is 1.09 bits per heavy atom. The molecule has 6 aliphatic rings. The van der Waals surface area contributed by atoms with Gasteiger partial charge >= 0.3 is 0 Å². The fourth-order valence-electron chi connectivity index (χ4n) is 9.77. The number of allylic oxidation sites excluding steroid dienone is 4. The zero-order valence-electron chi connectivity index (χ0n) is 22.0. The summed E-state index contributed by atoms with van der Waals surface area (Å²) in [5, 5.41) is 9.76. The van der Waals surface area contributed by atoms with Gasteiger partial charge in [-0.2, -0.15) is 5.26 Å². The zero-order chi connectivity index (χ0) is 25.1. The van der Waals surface area contributed by atoms with Crippen molar-refractivity contribution in [3.05, 3.63) is 23.3 Å². The predicted molar refractivity (Wildman–Crippen MR) is 131 cm³/mol. The van der Waals surface area contributed by atoms with E-state index in [0.29, 0.717) is 5.92 Å². The molecule has 10 atom stereocenters. The standard InChI is InChI=1S/C30H39NO4/c1-16-9-10-30(34-15-16)17(2)25-22(35-30)11-21-19-7-8-23-27(3,4)26(33)18(14-31)13-28(23,5)20(19)12-24(32)29(21,25)6/h12-13,16-17,19,21-23,25H,7-11,15H2,1-6H3/t16?,17-,19?,21?,22?,23?,25?,28+,29+,30+/m0/s1. The van der Waals surface area contributed by atoms with Gasteiger partial charge in [0, 0.05) is 34.5 Å². The lowest BCUT2D eigenvalue weighted by Gasteiger charge is -2.57. The molecule has 0 aromatic carbocycles. The molecule has 0 aromatic rings. The highest BCUT2D eigenvalue weighted by Gasteiger charge is 2.71. The lowest BCUT2D eigenvalue weighted by molar-refractivity contribution is -0.271. The summed E-state index contributed by atoms with van der Waals surface area (Å²) in [6, 6.07) is 2.17.